The molecule has 0 unspecified atom stereocenters. The van der Waals surface area contributed by atoms with Crippen molar-refractivity contribution in [3.63, 3.8) is 0 Å². The van der Waals surface area contributed by atoms with Crippen LogP contribution in [0.1, 0.15) is 11.1 Å². The number of hydrogen-bond donors (Lipinski definition) is 0. The predicted molar refractivity (Wildman–Crippen MR) is 75.3 cm³/mol. The summed E-state index contributed by atoms with van der Waals surface area (Å²) < 4.78 is 5.40. The molecule has 2 heteroatoms. The molecule has 0 bridgehead atoms. The first-order valence-electron chi connectivity index (χ1n) is 5.89. The SMILES string of the molecule is COc1ccccc1Bc1c(C)cccc1C. The van der Waals surface area contributed by atoms with Crippen molar-refractivity contribution in [2.75, 3.05) is 7.11 Å². The standard InChI is InChI=1S/C15H17BO/c1-11-7-6-8-12(2)15(11)16-13-9-4-5-10-14(13)17-3/h4-10,16H,1-3H3. The maximum Gasteiger partial charge on any atom is 0.197 e. The van der Waals surface area contributed by atoms with Crippen LogP contribution in [-0.4, -0.2) is 14.4 Å². The molecule has 0 aliphatic heterocycles. The predicted octanol–water partition coefficient (Wildman–Crippen LogP) is 1.70. The van der Waals surface area contributed by atoms with Crippen LogP contribution in [-0.2, 0) is 0 Å². The van der Waals surface area contributed by atoms with Gasteiger partial charge in [0.15, 0.2) is 7.28 Å². The Hall–Kier alpha value is -1.70. The second-order valence-electron chi connectivity index (χ2n) is 4.36. The minimum Gasteiger partial charge on any atom is -0.497 e. The van der Waals surface area contributed by atoms with Crippen LogP contribution in [0.2, 0.25) is 0 Å². The van der Waals surface area contributed by atoms with E-state index in [0.717, 1.165) is 13.0 Å². The van der Waals surface area contributed by atoms with Crippen molar-refractivity contribution in [3.8, 4) is 5.75 Å². The molecular formula is C15H17BO. The van der Waals surface area contributed by atoms with Crippen LogP contribution in [0.5, 0.6) is 5.75 Å². The van der Waals surface area contributed by atoms with Gasteiger partial charge in [0.25, 0.3) is 0 Å². The quantitative estimate of drug-likeness (QED) is 0.721. The Balaban J connectivity index is 2.38. The van der Waals surface area contributed by atoms with E-state index in [1.807, 2.05) is 12.1 Å². The number of methoxy groups -OCH3 is 1. The fourth-order valence-electron chi connectivity index (χ4n) is 2.17. The van der Waals surface area contributed by atoms with Gasteiger partial charge in [0.05, 0.1) is 7.11 Å². The van der Waals surface area contributed by atoms with E-state index >= 15 is 0 Å². The fraction of sp³-hybridized carbons (Fsp3) is 0.200. The van der Waals surface area contributed by atoms with Crippen molar-refractivity contribution in [3.05, 3.63) is 53.6 Å². The minimum atomic E-state index is 0.933. The highest BCUT2D eigenvalue weighted by Crippen LogP contribution is 2.06. The third-order valence-electron chi connectivity index (χ3n) is 3.20. The molecule has 86 valence electrons. The Morgan fingerprint density at radius 2 is 1.53 bits per heavy atom. The number of para-hydroxylation sites is 1. The van der Waals surface area contributed by atoms with Gasteiger partial charge in [-0.1, -0.05) is 53.0 Å². The second-order valence-corrected chi connectivity index (χ2v) is 4.36. The molecule has 0 N–H and O–H groups in total. The lowest BCUT2D eigenvalue weighted by atomic mass is 9.61. The zero-order valence-electron chi connectivity index (χ0n) is 10.7. The maximum absolute atomic E-state index is 5.40. The first-order valence-corrected chi connectivity index (χ1v) is 5.89. The highest BCUT2D eigenvalue weighted by atomic mass is 16.5. The molecule has 0 aromatic heterocycles. The molecule has 0 atom stereocenters. The number of benzene rings is 2. The lowest BCUT2D eigenvalue weighted by molar-refractivity contribution is 0.418. The zero-order chi connectivity index (χ0) is 12.3. The summed E-state index contributed by atoms with van der Waals surface area (Å²) >= 11 is 0. The third kappa shape index (κ3) is 2.52. The van der Waals surface area contributed by atoms with Gasteiger partial charge < -0.3 is 4.74 Å². The Morgan fingerprint density at radius 1 is 0.882 bits per heavy atom. The van der Waals surface area contributed by atoms with Crippen LogP contribution in [0, 0.1) is 13.8 Å². The first-order chi connectivity index (χ1) is 8.22. The van der Waals surface area contributed by atoms with Crippen LogP contribution >= 0.6 is 0 Å². The average Bonchev–Trinajstić information content (AvgIpc) is 2.34. The number of rotatable bonds is 3. The van der Waals surface area contributed by atoms with Crippen LogP contribution in [0.4, 0.5) is 0 Å². The van der Waals surface area contributed by atoms with Crippen molar-refractivity contribution < 1.29 is 4.74 Å². The molecule has 2 aromatic carbocycles. The fourth-order valence-corrected chi connectivity index (χ4v) is 2.17. The van der Waals surface area contributed by atoms with E-state index in [1.165, 1.54) is 22.1 Å². The Morgan fingerprint density at radius 3 is 2.18 bits per heavy atom. The summed E-state index contributed by atoms with van der Waals surface area (Å²) in [5, 5.41) is 0. The van der Waals surface area contributed by atoms with Gasteiger partial charge in [-0.15, -0.1) is 0 Å². The molecule has 0 radical (unpaired) electrons. The summed E-state index contributed by atoms with van der Waals surface area (Å²) in [6, 6.07) is 14.7. The van der Waals surface area contributed by atoms with Crippen LogP contribution in [0.3, 0.4) is 0 Å². The summed E-state index contributed by atoms with van der Waals surface area (Å²) in [6.45, 7) is 4.33. The molecule has 0 spiro atoms. The topological polar surface area (TPSA) is 9.23 Å². The van der Waals surface area contributed by atoms with Gasteiger partial charge in [0.2, 0.25) is 0 Å². The van der Waals surface area contributed by atoms with Gasteiger partial charge >= 0.3 is 0 Å². The summed E-state index contributed by atoms with van der Waals surface area (Å²) in [7, 11) is 2.66. The van der Waals surface area contributed by atoms with Crippen molar-refractivity contribution in [1.82, 2.24) is 0 Å². The molecule has 2 rings (SSSR count). The molecule has 0 aliphatic carbocycles. The van der Waals surface area contributed by atoms with E-state index < -0.39 is 0 Å². The molecule has 0 saturated heterocycles. The number of aryl methyl sites for hydroxylation is 2. The Bertz CT molecular complexity index is 500. The van der Waals surface area contributed by atoms with Gasteiger partial charge in [0, 0.05) is 0 Å². The van der Waals surface area contributed by atoms with E-state index in [1.54, 1.807) is 7.11 Å². The molecule has 0 fully saturated rings. The van der Waals surface area contributed by atoms with Gasteiger partial charge in [-0.2, -0.15) is 0 Å². The minimum absolute atomic E-state index is 0.933. The lowest BCUT2D eigenvalue weighted by Crippen LogP contribution is -2.31. The molecule has 0 amide bonds. The molecular weight excluding hydrogens is 207 g/mol. The summed E-state index contributed by atoms with van der Waals surface area (Å²) in [5.74, 6) is 0.968. The highest BCUT2D eigenvalue weighted by Gasteiger charge is 2.09. The maximum atomic E-state index is 5.40. The average molecular weight is 224 g/mol. The van der Waals surface area contributed by atoms with Gasteiger partial charge in [-0.25, -0.2) is 0 Å². The summed E-state index contributed by atoms with van der Waals surface area (Å²) in [6.07, 6.45) is 0. The second kappa shape index (κ2) is 5.09. The van der Waals surface area contributed by atoms with Gasteiger partial charge in [-0.3, -0.25) is 0 Å². The monoisotopic (exact) mass is 224 g/mol. The van der Waals surface area contributed by atoms with E-state index in [0.29, 0.717) is 0 Å². The molecule has 0 heterocycles. The normalized spacial score (nSPS) is 10.1. The van der Waals surface area contributed by atoms with Crippen LogP contribution < -0.4 is 15.7 Å². The number of hydrogen-bond acceptors (Lipinski definition) is 1. The molecule has 0 saturated carbocycles. The van der Waals surface area contributed by atoms with Crippen LogP contribution in [0.25, 0.3) is 0 Å². The van der Waals surface area contributed by atoms with E-state index in [9.17, 15) is 0 Å². The molecule has 2 aromatic rings. The zero-order valence-corrected chi connectivity index (χ0v) is 10.7. The van der Waals surface area contributed by atoms with Crippen molar-refractivity contribution in [2.24, 2.45) is 0 Å². The largest absolute Gasteiger partial charge is 0.497 e. The van der Waals surface area contributed by atoms with Gasteiger partial charge in [0.1, 0.15) is 5.75 Å². The Kier molecular flexibility index (Phi) is 3.53. The Labute approximate surface area is 104 Å². The third-order valence-corrected chi connectivity index (χ3v) is 3.20. The molecule has 17 heavy (non-hydrogen) atoms. The van der Waals surface area contributed by atoms with E-state index in [-0.39, 0.29) is 0 Å². The van der Waals surface area contributed by atoms with Gasteiger partial charge in [-0.05, 0) is 25.4 Å². The van der Waals surface area contributed by atoms with Crippen molar-refractivity contribution >= 4 is 18.2 Å². The molecule has 1 nitrogen and oxygen atoms in total. The van der Waals surface area contributed by atoms with Crippen molar-refractivity contribution in [2.45, 2.75) is 13.8 Å². The number of ether oxygens (including phenoxy) is 1. The van der Waals surface area contributed by atoms with Crippen LogP contribution in [0.15, 0.2) is 42.5 Å². The lowest BCUT2D eigenvalue weighted by Gasteiger charge is -2.11. The first kappa shape index (κ1) is 11.8. The van der Waals surface area contributed by atoms with Crippen molar-refractivity contribution in [1.29, 1.82) is 0 Å². The smallest absolute Gasteiger partial charge is 0.197 e. The van der Waals surface area contributed by atoms with E-state index in [2.05, 4.69) is 44.2 Å². The molecule has 0 aliphatic rings. The summed E-state index contributed by atoms with van der Waals surface area (Å²) in [4.78, 5) is 0. The summed E-state index contributed by atoms with van der Waals surface area (Å²) in [5.41, 5.74) is 5.33. The van der Waals surface area contributed by atoms with E-state index in [4.69, 9.17) is 4.74 Å². The highest BCUT2D eigenvalue weighted by molar-refractivity contribution is 6.69.